The van der Waals surface area contributed by atoms with Crippen LogP contribution in [0.5, 0.6) is 5.75 Å². The summed E-state index contributed by atoms with van der Waals surface area (Å²) in [6, 6.07) is 13.0. The molecule has 2 aromatic rings. The molecule has 3 nitrogen and oxygen atoms in total. The summed E-state index contributed by atoms with van der Waals surface area (Å²) in [5.41, 5.74) is 3.03. The van der Waals surface area contributed by atoms with Crippen LogP contribution in [0.1, 0.15) is 42.0 Å². The van der Waals surface area contributed by atoms with Gasteiger partial charge in [0.1, 0.15) is 5.75 Å². The Balaban J connectivity index is 1.79. The second-order valence-electron chi connectivity index (χ2n) is 6.79. The summed E-state index contributed by atoms with van der Waals surface area (Å²) in [6.07, 6.45) is 3.77. The number of aromatic hydroxyl groups is 1. The first kappa shape index (κ1) is 15.5. The van der Waals surface area contributed by atoms with E-state index in [2.05, 4.69) is 12.1 Å². The molecule has 1 amide bonds. The number of hydrogen-bond acceptors (Lipinski definition) is 2. The number of amides is 1. The van der Waals surface area contributed by atoms with Crippen LogP contribution < -0.4 is 0 Å². The van der Waals surface area contributed by atoms with Gasteiger partial charge in [0.05, 0.1) is 6.04 Å². The molecule has 0 aromatic heterocycles. The summed E-state index contributed by atoms with van der Waals surface area (Å²) >= 11 is 6.17. The van der Waals surface area contributed by atoms with Crippen LogP contribution in [0.4, 0.5) is 0 Å². The minimum Gasteiger partial charge on any atom is -0.508 e. The van der Waals surface area contributed by atoms with Gasteiger partial charge in [-0.15, -0.1) is 0 Å². The molecular formula is C20H20ClNO2. The summed E-state index contributed by atoms with van der Waals surface area (Å²) in [7, 11) is 0. The highest BCUT2D eigenvalue weighted by atomic mass is 35.5. The van der Waals surface area contributed by atoms with E-state index in [4.69, 9.17) is 11.6 Å². The summed E-state index contributed by atoms with van der Waals surface area (Å²) in [4.78, 5) is 14.8. The number of phenols is 1. The number of phenolic OH excluding ortho intramolecular Hbond substituents is 1. The lowest BCUT2D eigenvalue weighted by molar-refractivity contribution is -0.133. The molecule has 1 N–H and O–H groups in total. The van der Waals surface area contributed by atoms with Gasteiger partial charge < -0.3 is 10.0 Å². The predicted octanol–water partition coefficient (Wildman–Crippen LogP) is 4.32. The van der Waals surface area contributed by atoms with Crippen LogP contribution in [0, 0.1) is 5.92 Å². The fourth-order valence-corrected chi connectivity index (χ4v) is 3.78. The molecule has 0 saturated heterocycles. The molecule has 1 heterocycles. The van der Waals surface area contributed by atoms with Gasteiger partial charge in [0.15, 0.2) is 0 Å². The molecule has 1 fully saturated rings. The SMILES string of the molecule is O=C(CC1CC1)N1CCc2ccccc2C1c1cc(Cl)ccc1O. The van der Waals surface area contributed by atoms with E-state index >= 15 is 0 Å². The van der Waals surface area contributed by atoms with Crippen LogP contribution in [0.15, 0.2) is 42.5 Å². The second kappa shape index (κ2) is 6.14. The van der Waals surface area contributed by atoms with Gasteiger partial charge in [-0.2, -0.15) is 0 Å². The Kier molecular flexibility index (Phi) is 3.97. The number of fused-ring (bicyclic) bond motifs is 1. The molecule has 1 aliphatic carbocycles. The maximum absolute atomic E-state index is 12.8. The monoisotopic (exact) mass is 341 g/mol. The number of carbonyl (C=O) groups excluding carboxylic acids is 1. The summed E-state index contributed by atoms with van der Waals surface area (Å²) in [5.74, 6) is 0.907. The quantitative estimate of drug-likeness (QED) is 0.903. The van der Waals surface area contributed by atoms with Crippen LogP contribution in [-0.2, 0) is 11.2 Å². The highest BCUT2D eigenvalue weighted by molar-refractivity contribution is 6.30. The Morgan fingerprint density at radius 2 is 1.96 bits per heavy atom. The second-order valence-corrected chi connectivity index (χ2v) is 7.23. The third kappa shape index (κ3) is 2.89. The molecule has 2 aromatic carbocycles. The molecule has 0 radical (unpaired) electrons. The number of hydrogen-bond donors (Lipinski definition) is 1. The van der Waals surface area contributed by atoms with E-state index in [1.54, 1.807) is 18.2 Å². The molecule has 1 unspecified atom stereocenters. The van der Waals surface area contributed by atoms with Crippen molar-refractivity contribution in [1.82, 2.24) is 4.90 Å². The molecule has 2 aliphatic rings. The zero-order valence-electron chi connectivity index (χ0n) is 13.4. The minimum atomic E-state index is -0.264. The number of nitrogens with zero attached hydrogens (tertiary/aromatic N) is 1. The predicted molar refractivity (Wildman–Crippen MR) is 94.2 cm³/mol. The number of halogens is 1. The van der Waals surface area contributed by atoms with Crippen LogP contribution in [-0.4, -0.2) is 22.5 Å². The van der Waals surface area contributed by atoms with Gasteiger partial charge in [0.2, 0.25) is 5.91 Å². The standard InChI is InChI=1S/C20H20ClNO2/c21-15-7-8-18(23)17(12-15)20-16-4-2-1-3-14(16)9-10-22(20)19(24)11-13-5-6-13/h1-4,7-8,12-13,20,23H,5-6,9-11H2. The Hall–Kier alpha value is -2.00. The topological polar surface area (TPSA) is 40.5 Å². The smallest absolute Gasteiger partial charge is 0.223 e. The fourth-order valence-electron chi connectivity index (χ4n) is 3.60. The van der Waals surface area contributed by atoms with E-state index in [1.165, 1.54) is 5.56 Å². The zero-order chi connectivity index (χ0) is 16.7. The third-order valence-electron chi connectivity index (χ3n) is 5.05. The van der Waals surface area contributed by atoms with E-state index < -0.39 is 0 Å². The van der Waals surface area contributed by atoms with Crippen LogP contribution >= 0.6 is 11.6 Å². The maximum atomic E-state index is 12.8. The van der Waals surface area contributed by atoms with E-state index in [0.29, 0.717) is 29.5 Å². The van der Waals surface area contributed by atoms with Crippen molar-refractivity contribution in [2.24, 2.45) is 5.92 Å². The first-order chi connectivity index (χ1) is 11.6. The average Bonchev–Trinajstić information content (AvgIpc) is 3.40. The van der Waals surface area contributed by atoms with Gasteiger partial charge in [0, 0.05) is 23.6 Å². The van der Waals surface area contributed by atoms with Gasteiger partial charge >= 0.3 is 0 Å². The summed E-state index contributed by atoms with van der Waals surface area (Å²) in [6.45, 7) is 0.680. The molecule has 4 heteroatoms. The van der Waals surface area contributed by atoms with Gasteiger partial charge in [-0.25, -0.2) is 0 Å². The van der Waals surface area contributed by atoms with Crippen molar-refractivity contribution in [1.29, 1.82) is 0 Å². The van der Waals surface area contributed by atoms with Crippen molar-refractivity contribution in [3.05, 3.63) is 64.2 Å². The Morgan fingerprint density at radius 3 is 2.75 bits per heavy atom. The molecule has 24 heavy (non-hydrogen) atoms. The minimum absolute atomic E-state index is 0.177. The molecule has 0 spiro atoms. The summed E-state index contributed by atoms with van der Waals surface area (Å²) < 4.78 is 0. The van der Waals surface area contributed by atoms with Crippen LogP contribution in [0.3, 0.4) is 0 Å². The zero-order valence-corrected chi connectivity index (χ0v) is 14.2. The van der Waals surface area contributed by atoms with E-state index in [0.717, 1.165) is 24.8 Å². The number of benzene rings is 2. The van der Waals surface area contributed by atoms with Gasteiger partial charge in [-0.05, 0) is 54.5 Å². The Bertz CT molecular complexity index is 785. The Morgan fingerprint density at radius 1 is 1.17 bits per heavy atom. The lowest BCUT2D eigenvalue weighted by Gasteiger charge is -2.38. The number of rotatable bonds is 3. The van der Waals surface area contributed by atoms with Crippen LogP contribution in [0.2, 0.25) is 5.02 Å². The average molecular weight is 342 g/mol. The lowest BCUT2D eigenvalue weighted by atomic mass is 9.87. The third-order valence-corrected chi connectivity index (χ3v) is 5.28. The molecule has 0 bridgehead atoms. The van der Waals surface area contributed by atoms with E-state index in [-0.39, 0.29) is 17.7 Å². The van der Waals surface area contributed by atoms with E-state index in [9.17, 15) is 9.90 Å². The van der Waals surface area contributed by atoms with Crippen molar-refractivity contribution in [2.75, 3.05) is 6.54 Å². The normalized spacial score (nSPS) is 19.9. The van der Waals surface area contributed by atoms with Crippen molar-refractivity contribution in [3.8, 4) is 5.75 Å². The van der Waals surface area contributed by atoms with Crippen LogP contribution in [0.25, 0.3) is 0 Å². The van der Waals surface area contributed by atoms with Crippen molar-refractivity contribution in [3.63, 3.8) is 0 Å². The Labute approximate surface area is 146 Å². The van der Waals surface area contributed by atoms with Gasteiger partial charge in [-0.3, -0.25) is 4.79 Å². The lowest BCUT2D eigenvalue weighted by Crippen LogP contribution is -2.40. The molecule has 124 valence electrons. The highest BCUT2D eigenvalue weighted by Gasteiger charge is 2.35. The maximum Gasteiger partial charge on any atom is 0.223 e. The number of carbonyl (C=O) groups is 1. The van der Waals surface area contributed by atoms with Gasteiger partial charge in [-0.1, -0.05) is 35.9 Å². The van der Waals surface area contributed by atoms with E-state index in [1.807, 2.05) is 17.0 Å². The van der Waals surface area contributed by atoms with Crippen molar-refractivity contribution in [2.45, 2.75) is 31.7 Å². The molecule has 4 rings (SSSR count). The van der Waals surface area contributed by atoms with Crippen molar-refractivity contribution >= 4 is 17.5 Å². The van der Waals surface area contributed by atoms with Crippen molar-refractivity contribution < 1.29 is 9.90 Å². The largest absolute Gasteiger partial charge is 0.508 e. The first-order valence-corrected chi connectivity index (χ1v) is 8.87. The molecular weight excluding hydrogens is 322 g/mol. The first-order valence-electron chi connectivity index (χ1n) is 8.49. The fraction of sp³-hybridized carbons (Fsp3) is 0.350. The highest BCUT2D eigenvalue weighted by Crippen LogP contribution is 2.41. The summed E-state index contributed by atoms with van der Waals surface area (Å²) in [5, 5.41) is 11.0. The molecule has 1 atom stereocenters. The molecule has 1 aliphatic heterocycles. The molecule has 1 saturated carbocycles. The van der Waals surface area contributed by atoms with Gasteiger partial charge in [0.25, 0.3) is 0 Å².